The summed E-state index contributed by atoms with van der Waals surface area (Å²) in [6.45, 7) is -2.82. The number of imidazole rings is 1. The molecule has 80 valence electrons. The summed E-state index contributed by atoms with van der Waals surface area (Å²) in [6.07, 6.45) is 1.52. The highest BCUT2D eigenvalue weighted by molar-refractivity contribution is 9.08. The van der Waals surface area contributed by atoms with E-state index in [9.17, 15) is 8.78 Å². The highest BCUT2D eigenvalue weighted by Crippen LogP contribution is 2.29. The molecule has 0 aliphatic carbocycles. The Bertz CT molecular complexity index is 472. The number of hydrogen-bond acceptors (Lipinski definition) is 2. The van der Waals surface area contributed by atoms with E-state index in [-0.39, 0.29) is 5.75 Å². The van der Waals surface area contributed by atoms with E-state index in [4.69, 9.17) is 0 Å². The summed E-state index contributed by atoms with van der Waals surface area (Å²) in [5.74, 6) is 0.154. The van der Waals surface area contributed by atoms with Crippen LogP contribution in [0.3, 0.4) is 0 Å². The molecule has 0 atom stereocenters. The SMILES string of the molecule is FC(F)Oc1ccc2[nH]cnc2c1CBr. The first-order chi connectivity index (χ1) is 7.22. The number of ether oxygens (including phenoxy) is 1. The van der Waals surface area contributed by atoms with Crippen LogP contribution in [0, 0.1) is 0 Å². The van der Waals surface area contributed by atoms with Gasteiger partial charge in [0.25, 0.3) is 0 Å². The van der Waals surface area contributed by atoms with Gasteiger partial charge in [-0.25, -0.2) is 4.98 Å². The number of aromatic amines is 1. The average molecular weight is 277 g/mol. The quantitative estimate of drug-likeness (QED) is 0.875. The molecule has 1 heterocycles. The number of nitrogens with zero attached hydrogens (tertiary/aromatic N) is 1. The number of hydrogen-bond donors (Lipinski definition) is 1. The second kappa shape index (κ2) is 4.14. The van der Waals surface area contributed by atoms with E-state index in [1.165, 1.54) is 12.4 Å². The minimum absolute atomic E-state index is 0.154. The second-order valence-electron chi connectivity index (χ2n) is 2.85. The van der Waals surface area contributed by atoms with E-state index < -0.39 is 6.61 Å². The summed E-state index contributed by atoms with van der Waals surface area (Å²) in [5.41, 5.74) is 2.06. The number of rotatable bonds is 3. The van der Waals surface area contributed by atoms with Crippen molar-refractivity contribution in [3.63, 3.8) is 0 Å². The molecule has 0 saturated carbocycles. The van der Waals surface area contributed by atoms with Gasteiger partial charge in [-0.2, -0.15) is 8.78 Å². The highest BCUT2D eigenvalue weighted by Gasteiger charge is 2.13. The minimum atomic E-state index is -2.82. The highest BCUT2D eigenvalue weighted by atomic mass is 79.9. The normalized spacial score (nSPS) is 11.2. The molecule has 6 heteroatoms. The van der Waals surface area contributed by atoms with Gasteiger partial charge in [0, 0.05) is 10.9 Å². The molecule has 1 N–H and O–H groups in total. The van der Waals surface area contributed by atoms with Crippen molar-refractivity contribution in [3.05, 3.63) is 24.0 Å². The molecule has 2 rings (SSSR count). The van der Waals surface area contributed by atoms with Crippen LogP contribution in [0.15, 0.2) is 18.5 Å². The summed E-state index contributed by atoms with van der Waals surface area (Å²) >= 11 is 3.23. The van der Waals surface area contributed by atoms with Crippen molar-refractivity contribution in [2.24, 2.45) is 0 Å². The van der Waals surface area contributed by atoms with Gasteiger partial charge in [-0.15, -0.1) is 0 Å². The van der Waals surface area contributed by atoms with E-state index in [1.807, 2.05) is 0 Å². The molecular weight excluding hydrogens is 270 g/mol. The zero-order valence-electron chi connectivity index (χ0n) is 7.51. The van der Waals surface area contributed by atoms with Gasteiger partial charge >= 0.3 is 6.61 Å². The minimum Gasteiger partial charge on any atom is -0.434 e. The van der Waals surface area contributed by atoms with Crippen molar-refractivity contribution in [1.29, 1.82) is 0 Å². The van der Waals surface area contributed by atoms with Gasteiger partial charge in [-0.3, -0.25) is 0 Å². The average Bonchev–Trinajstić information content (AvgIpc) is 2.64. The fourth-order valence-electron chi connectivity index (χ4n) is 1.38. The van der Waals surface area contributed by atoms with Crippen molar-refractivity contribution in [2.75, 3.05) is 0 Å². The van der Waals surface area contributed by atoms with Crippen LogP contribution in [0.1, 0.15) is 5.56 Å². The van der Waals surface area contributed by atoms with Crippen LogP contribution in [0.25, 0.3) is 11.0 Å². The number of fused-ring (bicyclic) bond motifs is 1. The first-order valence-corrected chi connectivity index (χ1v) is 5.30. The zero-order chi connectivity index (χ0) is 10.8. The summed E-state index contributed by atoms with van der Waals surface area (Å²) in [4.78, 5) is 6.95. The fraction of sp³-hybridized carbons (Fsp3) is 0.222. The predicted molar refractivity (Wildman–Crippen MR) is 55.4 cm³/mol. The lowest BCUT2D eigenvalue weighted by Gasteiger charge is -2.08. The smallest absolute Gasteiger partial charge is 0.387 e. The second-order valence-corrected chi connectivity index (χ2v) is 3.41. The number of halogens is 3. The molecule has 1 aromatic carbocycles. The Morgan fingerprint density at radius 1 is 1.47 bits per heavy atom. The Hall–Kier alpha value is -1.17. The monoisotopic (exact) mass is 276 g/mol. The molecule has 0 radical (unpaired) electrons. The Morgan fingerprint density at radius 3 is 2.93 bits per heavy atom. The third-order valence-electron chi connectivity index (χ3n) is 2.00. The summed E-state index contributed by atoms with van der Waals surface area (Å²) < 4.78 is 28.6. The maximum atomic E-state index is 12.1. The van der Waals surface area contributed by atoms with Crippen LogP contribution >= 0.6 is 15.9 Å². The molecule has 15 heavy (non-hydrogen) atoms. The lowest BCUT2D eigenvalue weighted by Crippen LogP contribution is -2.04. The van der Waals surface area contributed by atoms with E-state index in [0.29, 0.717) is 16.4 Å². The van der Waals surface area contributed by atoms with Crippen LogP contribution < -0.4 is 4.74 Å². The summed E-state index contributed by atoms with van der Waals surface area (Å²) in [5, 5.41) is 0.414. The molecule has 0 aliphatic heterocycles. The van der Waals surface area contributed by atoms with E-state index >= 15 is 0 Å². The topological polar surface area (TPSA) is 37.9 Å². The van der Waals surface area contributed by atoms with E-state index in [2.05, 4.69) is 30.6 Å². The van der Waals surface area contributed by atoms with Crippen molar-refractivity contribution in [1.82, 2.24) is 9.97 Å². The molecule has 2 aromatic rings. The molecule has 0 aliphatic rings. The zero-order valence-corrected chi connectivity index (χ0v) is 9.09. The number of H-pyrrole nitrogens is 1. The third kappa shape index (κ3) is 1.94. The Balaban J connectivity index is 2.53. The van der Waals surface area contributed by atoms with Crippen molar-refractivity contribution < 1.29 is 13.5 Å². The molecular formula is C9H7BrF2N2O. The molecule has 0 saturated heterocycles. The van der Waals surface area contributed by atoms with Crippen LogP contribution in [0.2, 0.25) is 0 Å². The molecule has 0 amide bonds. The molecule has 3 nitrogen and oxygen atoms in total. The van der Waals surface area contributed by atoms with Crippen LogP contribution in [0.4, 0.5) is 8.78 Å². The Labute approximate surface area is 92.6 Å². The van der Waals surface area contributed by atoms with Crippen molar-refractivity contribution in [3.8, 4) is 5.75 Å². The number of nitrogens with one attached hydrogen (secondary N) is 1. The van der Waals surface area contributed by atoms with Crippen LogP contribution in [-0.4, -0.2) is 16.6 Å². The third-order valence-corrected chi connectivity index (χ3v) is 2.56. The largest absolute Gasteiger partial charge is 0.434 e. The van der Waals surface area contributed by atoms with Gasteiger partial charge in [0.1, 0.15) is 5.75 Å². The predicted octanol–water partition coefficient (Wildman–Crippen LogP) is 3.06. The molecule has 0 unspecified atom stereocenters. The molecule has 0 spiro atoms. The lowest BCUT2D eigenvalue weighted by molar-refractivity contribution is -0.0502. The van der Waals surface area contributed by atoms with E-state index in [1.54, 1.807) is 6.07 Å². The molecule has 1 aromatic heterocycles. The first kappa shape index (κ1) is 10.4. The van der Waals surface area contributed by atoms with Gasteiger partial charge in [0.2, 0.25) is 0 Å². The van der Waals surface area contributed by atoms with Crippen molar-refractivity contribution >= 4 is 27.0 Å². The number of benzene rings is 1. The number of aromatic nitrogens is 2. The van der Waals surface area contributed by atoms with Gasteiger partial charge in [-0.1, -0.05) is 15.9 Å². The maximum absolute atomic E-state index is 12.1. The van der Waals surface area contributed by atoms with Crippen molar-refractivity contribution in [2.45, 2.75) is 11.9 Å². The fourth-order valence-corrected chi connectivity index (χ4v) is 1.93. The van der Waals surface area contributed by atoms with Gasteiger partial charge in [0.05, 0.1) is 17.4 Å². The van der Waals surface area contributed by atoms with Crippen LogP contribution in [-0.2, 0) is 5.33 Å². The Morgan fingerprint density at radius 2 is 2.27 bits per heavy atom. The number of alkyl halides is 3. The van der Waals surface area contributed by atoms with Gasteiger partial charge in [-0.05, 0) is 12.1 Å². The van der Waals surface area contributed by atoms with Crippen LogP contribution in [0.5, 0.6) is 5.75 Å². The standard InChI is InChI=1S/C9H7BrF2N2O/c10-3-5-7(15-9(11)12)2-1-6-8(5)14-4-13-6/h1-2,4,9H,3H2,(H,13,14). The summed E-state index contributed by atoms with van der Waals surface area (Å²) in [7, 11) is 0. The summed E-state index contributed by atoms with van der Waals surface area (Å²) in [6, 6.07) is 3.16. The van der Waals surface area contributed by atoms with Gasteiger partial charge in [0.15, 0.2) is 0 Å². The maximum Gasteiger partial charge on any atom is 0.387 e. The van der Waals surface area contributed by atoms with E-state index in [0.717, 1.165) is 5.52 Å². The molecule has 0 fully saturated rings. The van der Waals surface area contributed by atoms with Gasteiger partial charge < -0.3 is 9.72 Å². The molecule has 0 bridgehead atoms. The lowest BCUT2D eigenvalue weighted by atomic mass is 10.2. The first-order valence-electron chi connectivity index (χ1n) is 4.18. The Kier molecular flexibility index (Phi) is 2.86.